The Bertz CT molecular complexity index is 451. The number of nitrogens with one attached hydrogen (secondary N) is 2. The largest absolute Gasteiger partial charge is 0.352 e. The van der Waals surface area contributed by atoms with E-state index < -0.39 is 0 Å². The predicted molar refractivity (Wildman–Crippen MR) is 62.1 cm³/mol. The first-order valence-corrected chi connectivity index (χ1v) is 5.12. The van der Waals surface area contributed by atoms with Crippen LogP contribution in [0, 0.1) is 6.92 Å². The summed E-state index contributed by atoms with van der Waals surface area (Å²) in [5.74, 6) is 0.771. The van der Waals surface area contributed by atoms with E-state index in [9.17, 15) is 0 Å². The number of halogens is 1. The van der Waals surface area contributed by atoms with Gasteiger partial charge in [0.1, 0.15) is 0 Å². The molecule has 0 saturated heterocycles. The Morgan fingerprint density at radius 3 is 2.87 bits per heavy atom. The molecule has 0 fully saturated rings. The van der Waals surface area contributed by atoms with Crippen molar-refractivity contribution in [3.8, 4) is 0 Å². The number of rotatable bonds is 3. The minimum atomic E-state index is 0.673. The van der Waals surface area contributed by atoms with Gasteiger partial charge in [0.2, 0.25) is 5.95 Å². The molecule has 0 aliphatic carbocycles. The molecule has 3 nitrogen and oxygen atoms in total. The minimum Gasteiger partial charge on any atom is -0.352 e. The SMILES string of the molecule is Cc1cnc(NCc2ccccc2Cl)[nH]1. The van der Waals surface area contributed by atoms with Gasteiger partial charge in [-0.2, -0.15) is 0 Å². The summed E-state index contributed by atoms with van der Waals surface area (Å²) in [5.41, 5.74) is 2.10. The third kappa shape index (κ3) is 2.50. The lowest BCUT2D eigenvalue weighted by Gasteiger charge is -2.04. The number of aromatic amines is 1. The van der Waals surface area contributed by atoms with Gasteiger partial charge in [-0.1, -0.05) is 29.8 Å². The van der Waals surface area contributed by atoms with Gasteiger partial charge in [-0.25, -0.2) is 4.98 Å². The van der Waals surface area contributed by atoms with Crippen LogP contribution in [0.3, 0.4) is 0 Å². The van der Waals surface area contributed by atoms with E-state index >= 15 is 0 Å². The van der Waals surface area contributed by atoms with E-state index in [4.69, 9.17) is 11.6 Å². The lowest BCUT2D eigenvalue weighted by atomic mass is 10.2. The Morgan fingerprint density at radius 2 is 2.20 bits per heavy atom. The molecule has 0 saturated carbocycles. The molecule has 0 unspecified atom stereocenters. The zero-order valence-electron chi connectivity index (χ0n) is 8.42. The molecule has 78 valence electrons. The van der Waals surface area contributed by atoms with Crippen molar-refractivity contribution in [2.75, 3.05) is 5.32 Å². The van der Waals surface area contributed by atoms with Crippen LogP contribution in [-0.4, -0.2) is 9.97 Å². The Labute approximate surface area is 93.5 Å². The van der Waals surface area contributed by atoms with Crippen LogP contribution < -0.4 is 5.32 Å². The third-order valence-corrected chi connectivity index (χ3v) is 2.48. The van der Waals surface area contributed by atoms with Crippen molar-refractivity contribution in [3.05, 3.63) is 46.7 Å². The van der Waals surface area contributed by atoms with Crippen LogP contribution >= 0.6 is 11.6 Å². The fourth-order valence-corrected chi connectivity index (χ4v) is 1.53. The maximum absolute atomic E-state index is 6.03. The minimum absolute atomic E-state index is 0.673. The summed E-state index contributed by atoms with van der Waals surface area (Å²) in [6, 6.07) is 7.76. The molecule has 2 rings (SSSR count). The van der Waals surface area contributed by atoms with Crippen molar-refractivity contribution < 1.29 is 0 Å². The molecule has 0 bridgehead atoms. The van der Waals surface area contributed by atoms with E-state index in [2.05, 4.69) is 15.3 Å². The standard InChI is InChI=1S/C11H12ClN3/c1-8-6-13-11(15-8)14-7-9-4-2-3-5-10(9)12/h2-6H,7H2,1H3,(H2,13,14,15). The zero-order chi connectivity index (χ0) is 10.7. The quantitative estimate of drug-likeness (QED) is 0.837. The van der Waals surface area contributed by atoms with Crippen LogP contribution in [0.5, 0.6) is 0 Å². The van der Waals surface area contributed by atoms with Gasteiger partial charge < -0.3 is 10.3 Å². The average Bonchev–Trinajstić information content (AvgIpc) is 2.63. The summed E-state index contributed by atoms with van der Waals surface area (Å²) < 4.78 is 0. The van der Waals surface area contributed by atoms with Gasteiger partial charge in [0.25, 0.3) is 0 Å². The lowest BCUT2D eigenvalue weighted by Crippen LogP contribution is -2.01. The summed E-state index contributed by atoms with van der Waals surface area (Å²) in [6.07, 6.45) is 1.79. The third-order valence-electron chi connectivity index (χ3n) is 2.11. The van der Waals surface area contributed by atoms with Crippen molar-refractivity contribution >= 4 is 17.5 Å². The number of H-pyrrole nitrogens is 1. The number of nitrogens with zero attached hydrogens (tertiary/aromatic N) is 1. The first kappa shape index (κ1) is 10.1. The summed E-state index contributed by atoms with van der Waals surface area (Å²) in [7, 11) is 0. The summed E-state index contributed by atoms with van der Waals surface area (Å²) in [5, 5.41) is 3.94. The van der Waals surface area contributed by atoms with Gasteiger partial charge in [0.15, 0.2) is 0 Å². The fraction of sp³-hybridized carbons (Fsp3) is 0.182. The van der Waals surface area contributed by atoms with Gasteiger partial charge in [-0.3, -0.25) is 0 Å². The monoisotopic (exact) mass is 221 g/mol. The highest BCUT2D eigenvalue weighted by Crippen LogP contribution is 2.15. The Kier molecular flexibility index (Phi) is 2.92. The van der Waals surface area contributed by atoms with Crippen LogP contribution in [0.15, 0.2) is 30.5 Å². The summed E-state index contributed by atoms with van der Waals surface area (Å²) >= 11 is 6.03. The lowest BCUT2D eigenvalue weighted by molar-refractivity contribution is 1.09. The highest BCUT2D eigenvalue weighted by molar-refractivity contribution is 6.31. The second-order valence-corrected chi connectivity index (χ2v) is 3.77. The van der Waals surface area contributed by atoms with Gasteiger partial charge in [0, 0.05) is 23.5 Å². The van der Waals surface area contributed by atoms with Gasteiger partial charge in [-0.15, -0.1) is 0 Å². The van der Waals surface area contributed by atoms with Gasteiger partial charge in [0.05, 0.1) is 0 Å². The highest BCUT2D eigenvalue weighted by atomic mass is 35.5. The van der Waals surface area contributed by atoms with E-state index in [1.165, 1.54) is 0 Å². The predicted octanol–water partition coefficient (Wildman–Crippen LogP) is 2.98. The molecule has 2 aromatic rings. The Balaban J connectivity index is 2.02. The number of imidazole rings is 1. The molecule has 2 N–H and O–H groups in total. The Hall–Kier alpha value is -1.48. The molecule has 1 heterocycles. The van der Waals surface area contributed by atoms with E-state index in [1.807, 2.05) is 31.2 Å². The van der Waals surface area contributed by atoms with Crippen LogP contribution in [0.2, 0.25) is 5.02 Å². The van der Waals surface area contributed by atoms with Crippen molar-refractivity contribution in [2.24, 2.45) is 0 Å². The Morgan fingerprint density at radius 1 is 1.40 bits per heavy atom. The number of aryl methyl sites for hydroxylation is 1. The number of benzene rings is 1. The van der Waals surface area contributed by atoms with Gasteiger partial charge in [-0.05, 0) is 18.6 Å². The molecule has 0 aliphatic heterocycles. The molecule has 1 aromatic heterocycles. The topological polar surface area (TPSA) is 40.7 Å². The molecule has 15 heavy (non-hydrogen) atoms. The van der Waals surface area contributed by atoms with Crippen LogP contribution in [-0.2, 0) is 6.54 Å². The highest BCUT2D eigenvalue weighted by Gasteiger charge is 2.00. The van der Waals surface area contributed by atoms with Gasteiger partial charge >= 0.3 is 0 Å². The average molecular weight is 222 g/mol. The molecule has 0 radical (unpaired) electrons. The van der Waals surface area contributed by atoms with E-state index in [-0.39, 0.29) is 0 Å². The number of hydrogen-bond acceptors (Lipinski definition) is 2. The van der Waals surface area contributed by atoms with E-state index in [0.717, 1.165) is 22.2 Å². The summed E-state index contributed by atoms with van der Waals surface area (Å²) in [4.78, 5) is 7.25. The maximum Gasteiger partial charge on any atom is 0.200 e. The van der Waals surface area contributed by atoms with Crippen LogP contribution in [0.1, 0.15) is 11.3 Å². The molecule has 1 aromatic carbocycles. The molecular weight excluding hydrogens is 210 g/mol. The van der Waals surface area contributed by atoms with Crippen molar-refractivity contribution in [2.45, 2.75) is 13.5 Å². The molecule has 0 aliphatic rings. The molecule has 0 spiro atoms. The van der Waals surface area contributed by atoms with Crippen molar-refractivity contribution in [3.63, 3.8) is 0 Å². The normalized spacial score (nSPS) is 10.3. The smallest absolute Gasteiger partial charge is 0.200 e. The van der Waals surface area contributed by atoms with Crippen molar-refractivity contribution in [1.82, 2.24) is 9.97 Å². The van der Waals surface area contributed by atoms with Crippen LogP contribution in [0.4, 0.5) is 5.95 Å². The maximum atomic E-state index is 6.03. The van der Waals surface area contributed by atoms with Crippen LogP contribution in [0.25, 0.3) is 0 Å². The molecular formula is C11H12ClN3. The number of hydrogen-bond donors (Lipinski definition) is 2. The molecule has 0 atom stereocenters. The van der Waals surface area contributed by atoms with E-state index in [0.29, 0.717) is 6.54 Å². The first-order chi connectivity index (χ1) is 7.25. The fourth-order valence-electron chi connectivity index (χ4n) is 1.32. The first-order valence-electron chi connectivity index (χ1n) is 4.74. The molecule has 0 amide bonds. The van der Waals surface area contributed by atoms with E-state index in [1.54, 1.807) is 6.20 Å². The number of anilines is 1. The molecule has 4 heteroatoms. The summed E-state index contributed by atoms with van der Waals surface area (Å²) in [6.45, 7) is 2.64. The second-order valence-electron chi connectivity index (χ2n) is 3.36. The zero-order valence-corrected chi connectivity index (χ0v) is 9.17. The second kappa shape index (κ2) is 4.36. The number of aromatic nitrogens is 2. The van der Waals surface area contributed by atoms with Crippen molar-refractivity contribution in [1.29, 1.82) is 0 Å².